The minimum Gasteiger partial charge on any atom is -0.207 e. The Morgan fingerprint density at radius 3 is 2.24 bits per heavy atom. The molecule has 0 N–H and O–H groups in total. The highest BCUT2D eigenvalue weighted by Crippen LogP contribution is 2.33. The van der Waals surface area contributed by atoms with Crippen LogP contribution in [0.2, 0.25) is 0 Å². The Hall–Kier alpha value is -1.08. The Bertz CT molecular complexity index is 594. The molecule has 1 aliphatic heterocycles. The number of rotatable bonds is 3. The molecular formula is C14H18F3NO2S. The van der Waals surface area contributed by atoms with Gasteiger partial charge in [0.25, 0.3) is 0 Å². The second kappa shape index (κ2) is 5.61. The molecule has 0 aliphatic carbocycles. The number of sulfonamides is 1. The predicted molar refractivity (Wildman–Crippen MR) is 73.2 cm³/mol. The average Bonchev–Trinajstić information content (AvgIpc) is 2.88. The summed E-state index contributed by atoms with van der Waals surface area (Å²) in [5.74, 6) is 0.178. The van der Waals surface area contributed by atoms with Gasteiger partial charge < -0.3 is 0 Å². The maximum Gasteiger partial charge on any atom is 0.416 e. The molecule has 2 rings (SSSR count). The van der Waals surface area contributed by atoms with Crippen LogP contribution in [0.5, 0.6) is 0 Å². The molecule has 1 atom stereocenters. The van der Waals surface area contributed by atoms with Crippen LogP contribution in [0.25, 0.3) is 0 Å². The van der Waals surface area contributed by atoms with Crippen LogP contribution in [0.1, 0.15) is 32.3 Å². The van der Waals surface area contributed by atoms with E-state index in [0.717, 1.165) is 37.1 Å². The molecule has 1 saturated heterocycles. The molecule has 1 heterocycles. The highest BCUT2D eigenvalue weighted by atomic mass is 32.2. The van der Waals surface area contributed by atoms with E-state index in [4.69, 9.17) is 0 Å². The Labute approximate surface area is 122 Å². The van der Waals surface area contributed by atoms with Crippen molar-refractivity contribution in [1.82, 2.24) is 4.31 Å². The van der Waals surface area contributed by atoms with Gasteiger partial charge in [0.05, 0.1) is 10.5 Å². The molecule has 0 unspecified atom stereocenters. The molecule has 0 saturated carbocycles. The zero-order valence-electron chi connectivity index (χ0n) is 11.9. The van der Waals surface area contributed by atoms with E-state index in [-0.39, 0.29) is 16.9 Å². The third kappa shape index (κ3) is 3.23. The van der Waals surface area contributed by atoms with Gasteiger partial charge in [0, 0.05) is 12.6 Å². The van der Waals surface area contributed by atoms with Crippen LogP contribution in [0, 0.1) is 5.92 Å². The first-order chi connectivity index (χ1) is 9.64. The van der Waals surface area contributed by atoms with Crippen LogP contribution in [-0.4, -0.2) is 25.3 Å². The zero-order valence-corrected chi connectivity index (χ0v) is 12.7. The number of nitrogens with zero attached hydrogens (tertiary/aromatic N) is 1. The van der Waals surface area contributed by atoms with Crippen molar-refractivity contribution in [3.8, 4) is 0 Å². The summed E-state index contributed by atoms with van der Waals surface area (Å²) < 4.78 is 64.1. The van der Waals surface area contributed by atoms with Crippen LogP contribution < -0.4 is 0 Å². The highest BCUT2D eigenvalue weighted by molar-refractivity contribution is 7.89. The summed E-state index contributed by atoms with van der Waals surface area (Å²) in [5, 5.41) is 0. The van der Waals surface area contributed by atoms with Crippen molar-refractivity contribution in [3.63, 3.8) is 0 Å². The molecule has 0 radical (unpaired) electrons. The smallest absolute Gasteiger partial charge is 0.207 e. The van der Waals surface area contributed by atoms with Crippen molar-refractivity contribution in [1.29, 1.82) is 0 Å². The standard InChI is InChI=1S/C14H18F3NO2S/c1-10(2)13-4-3-9-18(13)21(19,20)12-7-5-11(6-8-12)14(15,16)17/h5-8,10,13H,3-4,9H2,1-2H3/t13-/m0/s1. The summed E-state index contributed by atoms with van der Waals surface area (Å²) in [5.41, 5.74) is -0.844. The topological polar surface area (TPSA) is 37.4 Å². The van der Waals surface area contributed by atoms with E-state index < -0.39 is 21.8 Å². The lowest BCUT2D eigenvalue weighted by Gasteiger charge is -2.27. The van der Waals surface area contributed by atoms with E-state index in [1.165, 1.54) is 4.31 Å². The van der Waals surface area contributed by atoms with E-state index in [1.807, 2.05) is 13.8 Å². The molecule has 0 amide bonds. The van der Waals surface area contributed by atoms with Gasteiger partial charge in [-0.2, -0.15) is 17.5 Å². The maximum atomic E-state index is 12.6. The number of hydrogen-bond donors (Lipinski definition) is 0. The van der Waals surface area contributed by atoms with Crippen LogP contribution in [0.15, 0.2) is 29.2 Å². The fourth-order valence-electron chi connectivity index (χ4n) is 2.68. The summed E-state index contributed by atoms with van der Waals surface area (Å²) in [7, 11) is -3.73. The van der Waals surface area contributed by atoms with E-state index >= 15 is 0 Å². The first-order valence-electron chi connectivity index (χ1n) is 6.83. The number of benzene rings is 1. The quantitative estimate of drug-likeness (QED) is 0.854. The second-order valence-corrected chi connectivity index (χ2v) is 7.48. The predicted octanol–water partition coefficient (Wildman–Crippen LogP) is 3.51. The van der Waals surface area contributed by atoms with Gasteiger partial charge in [0.15, 0.2) is 0 Å². The summed E-state index contributed by atoms with van der Waals surface area (Å²) in [4.78, 5) is -0.0805. The molecule has 1 aromatic rings. The lowest BCUT2D eigenvalue weighted by molar-refractivity contribution is -0.137. The summed E-state index contributed by atoms with van der Waals surface area (Å²) in [6.45, 7) is 4.32. The van der Waals surface area contributed by atoms with Crippen LogP contribution in [-0.2, 0) is 16.2 Å². The molecule has 1 aromatic carbocycles. The number of alkyl halides is 3. The number of halogens is 3. The van der Waals surface area contributed by atoms with Crippen molar-refractivity contribution < 1.29 is 21.6 Å². The Morgan fingerprint density at radius 1 is 1.19 bits per heavy atom. The van der Waals surface area contributed by atoms with Crippen LogP contribution >= 0.6 is 0 Å². The summed E-state index contributed by atoms with van der Waals surface area (Å²) in [6, 6.07) is 3.61. The molecule has 1 fully saturated rings. The van der Waals surface area contributed by atoms with Crippen molar-refractivity contribution >= 4 is 10.0 Å². The molecule has 0 spiro atoms. The maximum absolute atomic E-state index is 12.6. The van der Waals surface area contributed by atoms with E-state index in [1.54, 1.807) is 0 Å². The fraction of sp³-hybridized carbons (Fsp3) is 0.571. The molecule has 1 aliphatic rings. The molecule has 0 aromatic heterocycles. The van der Waals surface area contributed by atoms with Gasteiger partial charge in [-0.1, -0.05) is 13.8 Å². The van der Waals surface area contributed by atoms with Gasteiger partial charge in [-0.25, -0.2) is 8.42 Å². The fourth-order valence-corrected chi connectivity index (χ4v) is 4.51. The molecular weight excluding hydrogens is 303 g/mol. The van der Waals surface area contributed by atoms with Gasteiger partial charge >= 0.3 is 6.18 Å². The lowest BCUT2D eigenvalue weighted by atomic mass is 10.0. The largest absolute Gasteiger partial charge is 0.416 e. The van der Waals surface area contributed by atoms with Gasteiger partial charge in [0.1, 0.15) is 0 Å². The molecule has 3 nitrogen and oxygen atoms in total. The summed E-state index contributed by atoms with van der Waals surface area (Å²) in [6.07, 6.45) is -2.89. The van der Waals surface area contributed by atoms with Crippen molar-refractivity contribution in [2.24, 2.45) is 5.92 Å². The lowest BCUT2D eigenvalue weighted by Crippen LogP contribution is -2.38. The normalized spacial score (nSPS) is 21.1. The third-order valence-electron chi connectivity index (χ3n) is 3.81. The van der Waals surface area contributed by atoms with E-state index in [0.29, 0.717) is 6.54 Å². The van der Waals surface area contributed by atoms with E-state index in [9.17, 15) is 21.6 Å². The first-order valence-corrected chi connectivity index (χ1v) is 8.27. The minimum absolute atomic E-state index is 0.0805. The molecule has 7 heteroatoms. The zero-order chi connectivity index (χ0) is 15.8. The summed E-state index contributed by atoms with van der Waals surface area (Å²) >= 11 is 0. The number of hydrogen-bond acceptors (Lipinski definition) is 2. The minimum atomic E-state index is -4.46. The van der Waals surface area contributed by atoms with Gasteiger partial charge in [-0.05, 0) is 43.0 Å². The Morgan fingerprint density at radius 2 is 1.76 bits per heavy atom. The van der Waals surface area contributed by atoms with Gasteiger partial charge in [0.2, 0.25) is 10.0 Å². The Balaban J connectivity index is 2.32. The highest BCUT2D eigenvalue weighted by Gasteiger charge is 2.37. The average molecular weight is 321 g/mol. The molecule has 118 valence electrons. The first kappa shape index (κ1) is 16.3. The van der Waals surface area contributed by atoms with Crippen LogP contribution in [0.3, 0.4) is 0 Å². The van der Waals surface area contributed by atoms with Crippen molar-refractivity contribution in [2.75, 3.05) is 6.54 Å². The SMILES string of the molecule is CC(C)[C@@H]1CCCN1S(=O)(=O)c1ccc(C(F)(F)F)cc1. The van der Waals surface area contributed by atoms with Crippen molar-refractivity contribution in [3.05, 3.63) is 29.8 Å². The Kier molecular flexibility index (Phi) is 4.35. The van der Waals surface area contributed by atoms with E-state index in [2.05, 4.69) is 0 Å². The van der Waals surface area contributed by atoms with Gasteiger partial charge in [-0.3, -0.25) is 0 Å². The van der Waals surface area contributed by atoms with Crippen molar-refractivity contribution in [2.45, 2.75) is 43.8 Å². The third-order valence-corrected chi connectivity index (χ3v) is 5.74. The van der Waals surface area contributed by atoms with Crippen LogP contribution in [0.4, 0.5) is 13.2 Å². The second-order valence-electron chi connectivity index (χ2n) is 5.59. The molecule has 0 bridgehead atoms. The van der Waals surface area contributed by atoms with Gasteiger partial charge in [-0.15, -0.1) is 0 Å². The molecule has 21 heavy (non-hydrogen) atoms. The monoisotopic (exact) mass is 321 g/mol.